The largest absolute Gasteiger partial charge is 0.291 e. The van der Waals surface area contributed by atoms with E-state index in [4.69, 9.17) is 23.2 Å². The lowest BCUT2D eigenvalue weighted by Crippen LogP contribution is -2.52. The number of amides is 3. The van der Waals surface area contributed by atoms with Crippen molar-refractivity contribution in [3.8, 4) is 0 Å². The molecule has 11 heteroatoms. The number of Topliss-reactive ketones (excluding diaryl/α,β-unsaturated/α-hetero) is 1. The second kappa shape index (κ2) is 8.75. The van der Waals surface area contributed by atoms with Crippen molar-refractivity contribution in [1.29, 1.82) is 0 Å². The third-order valence-electron chi connectivity index (χ3n) is 6.69. The standard InChI is InChI=1S/C22H16Br2Cl2N2O4S/c23-18-11-7-12(19(18)24)17-16(11)21(31)28(22(17)32)27(8-14(29)15-2-1-5-33-15)20(30)10-4-3-9(25)6-13(10)26/h1-6,11-12,16-19H,7-8H2/t11-,12-,16-,17+,18+,19+/m1/s1. The van der Waals surface area contributed by atoms with Gasteiger partial charge in [-0.1, -0.05) is 61.1 Å². The molecule has 1 aliphatic heterocycles. The van der Waals surface area contributed by atoms with E-state index in [2.05, 4.69) is 31.9 Å². The molecule has 2 aromatic rings. The molecule has 2 saturated carbocycles. The fraction of sp³-hybridized carbons (Fsp3) is 0.364. The van der Waals surface area contributed by atoms with Gasteiger partial charge in [-0.2, -0.15) is 5.01 Å². The van der Waals surface area contributed by atoms with Crippen molar-refractivity contribution in [3.63, 3.8) is 0 Å². The van der Waals surface area contributed by atoms with Gasteiger partial charge < -0.3 is 0 Å². The number of hydrogen-bond acceptors (Lipinski definition) is 5. The Morgan fingerprint density at radius 2 is 1.70 bits per heavy atom. The molecule has 1 aromatic heterocycles. The summed E-state index contributed by atoms with van der Waals surface area (Å²) in [5.41, 5.74) is 0.0532. The van der Waals surface area contributed by atoms with Gasteiger partial charge in [-0.05, 0) is 47.9 Å². The lowest BCUT2D eigenvalue weighted by Gasteiger charge is -2.31. The summed E-state index contributed by atoms with van der Waals surface area (Å²) in [5, 5.41) is 3.99. The molecule has 2 aliphatic carbocycles. The number of thiophene rings is 1. The lowest BCUT2D eigenvalue weighted by atomic mass is 9.81. The second-order valence-electron chi connectivity index (χ2n) is 8.38. The molecule has 3 fully saturated rings. The zero-order valence-electron chi connectivity index (χ0n) is 16.8. The van der Waals surface area contributed by atoms with Gasteiger partial charge in [0.05, 0.1) is 27.3 Å². The number of halogens is 4. The molecule has 0 N–H and O–H groups in total. The van der Waals surface area contributed by atoms with Gasteiger partial charge in [0.15, 0.2) is 5.78 Å². The molecule has 6 atom stereocenters. The Hall–Kier alpha value is -1.26. The first-order valence-corrected chi connectivity index (χ1v) is 13.7. The number of ketones is 1. The van der Waals surface area contributed by atoms with Crippen molar-refractivity contribution in [3.05, 3.63) is 56.2 Å². The number of alkyl halides is 2. The van der Waals surface area contributed by atoms with E-state index < -0.39 is 36.1 Å². The van der Waals surface area contributed by atoms with Gasteiger partial charge >= 0.3 is 0 Å². The summed E-state index contributed by atoms with van der Waals surface area (Å²) in [7, 11) is 0. The molecule has 0 radical (unpaired) electrons. The molecule has 2 bridgehead atoms. The van der Waals surface area contributed by atoms with Crippen molar-refractivity contribution in [2.75, 3.05) is 6.54 Å². The van der Waals surface area contributed by atoms with Crippen LogP contribution in [0.2, 0.25) is 10.0 Å². The molecule has 6 nitrogen and oxygen atoms in total. The second-order valence-corrected chi connectivity index (χ2v) is 12.3. The normalized spacial score (nSPS) is 30.1. The molecule has 0 unspecified atom stereocenters. The minimum atomic E-state index is -0.707. The topological polar surface area (TPSA) is 74.8 Å². The first-order valence-electron chi connectivity index (χ1n) is 10.2. The van der Waals surface area contributed by atoms with Crippen LogP contribution in [0.25, 0.3) is 0 Å². The molecule has 3 amide bonds. The first-order chi connectivity index (χ1) is 15.7. The van der Waals surface area contributed by atoms with Gasteiger partial charge in [-0.25, -0.2) is 5.01 Å². The average Bonchev–Trinajstić information content (AvgIpc) is 3.53. The van der Waals surface area contributed by atoms with Crippen molar-refractivity contribution in [2.24, 2.45) is 23.7 Å². The van der Waals surface area contributed by atoms with Gasteiger partial charge in [0.1, 0.15) is 6.54 Å². The van der Waals surface area contributed by atoms with Gasteiger partial charge in [-0.3, -0.25) is 19.2 Å². The molecule has 1 saturated heterocycles. The van der Waals surface area contributed by atoms with E-state index in [1.165, 1.54) is 29.5 Å². The summed E-state index contributed by atoms with van der Waals surface area (Å²) < 4.78 is 0. The number of imide groups is 1. The number of rotatable bonds is 5. The van der Waals surface area contributed by atoms with E-state index in [1.54, 1.807) is 17.5 Å². The number of hydrazine groups is 1. The zero-order chi connectivity index (χ0) is 23.6. The first kappa shape index (κ1) is 23.5. The Balaban J connectivity index is 1.53. The molecular weight excluding hydrogens is 619 g/mol. The predicted octanol–water partition coefficient (Wildman–Crippen LogP) is 5.07. The van der Waals surface area contributed by atoms with Gasteiger partial charge in [-0.15, -0.1) is 11.3 Å². The number of fused-ring (bicyclic) bond motifs is 5. The minimum absolute atomic E-state index is 0.0186. The van der Waals surface area contributed by atoms with Crippen molar-refractivity contribution in [1.82, 2.24) is 10.0 Å². The summed E-state index contributed by atoms with van der Waals surface area (Å²) in [6.07, 6.45) is 0.761. The summed E-state index contributed by atoms with van der Waals surface area (Å²) in [6, 6.07) is 7.68. The van der Waals surface area contributed by atoms with Crippen LogP contribution in [-0.4, -0.2) is 49.7 Å². The van der Waals surface area contributed by atoms with Crippen LogP contribution < -0.4 is 0 Å². The van der Waals surface area contributed by atoms with E-state index in [0.29, 0.717) is 9.90 Å². The van der Waals surface area contributed by atoms with Crippen LogP contribution in [-0.2, 0) is 9.59 Å². The number of benzene rings is 1. The van der Waals surface area contributed by atoms with Crippen molar-refractivity contribution in [2.45, 2.75) is 16.1 Å². The van der Waals surface area contributed by atoms with Crippen LogP contribution in [0.5, 0.6) is 0 Å². The molecule has 3 aliphatic rings. The number of carbonyl (C=O) groups excluding carboxylic acids is 4. The Bertz CT molecular complexity index is 1150. The maximum Gasteiger partial charge on any atom is 0.274 e. The summed E-state index contributed by atoms with van der Waals surface area (Å²) in [4.78, 5) is 54.1. The number of hydrogen-bond donors (Lipinski definition) is 0. The van der Waals surface area contributed by atoms with Gasteiger partial charge in [0, 0.05) is 14.7 Å². The highest BCUT2D eigenvalue weighted by Gasteiger charge is 2.67. The maximum atomic E-state index is 13.6. The molecule has 0 spiro atoms. The summed E-state index contributed by atoms with van der Waals surface area (Å²) in [6.45, 7) is -0.458. The van der Waals surface area contributed by atoms with E-state index >= 15 is 0 Å². The molecule has 33 heavy (non-hydrogen) atoms. The molecule has 5 rings (SSSR count). The molecular formula is C22H16Br2Cl2N2O4S. The highest BCUT2D eigenvalue weighted by Crippen LogP contribution is 2.60. The summed E-state index contributed by atoms with van der Waals surface area (Å²) in [5.74, 6) is -3.05. The minimum Gasteiger partial charge on any atom is -0.291 e. The zero-order valence-corrected chi connectivity index (χ0v) is 22.3. The van der Waals surface area contributed by atoms with Gasteiger partial charge in [0.2, 0.25) is 0 Å². The quantitative estimate of drug-likeness (QED) is 0.262. The fourth-order valence-electron chi connectivity index (χ4n) is 5.26. The Morgan fingerprint density at radius 3 is 2.24 bits per heavy atom. The van der Waals surface area contributed by atoms with E-state index in [-0.39, 0.29) is 37.9 Å². The van der Waals surface area contributed by atoms with Gasteiger partial charge in [0.25, 0.3) is 17.7 Å². The van der Waals surface area contributed by atoms with Crippen LogP contribution in [0.4, 0.5) is 0 Å². The lowest BCUT2D eigenvalue weighted by molar-refractivity contribution is -0.154. The molecule has 2 heterocycles. The third-order valence-corrected chi connectivity index (χ3v) is 11.4. The smallest absolute Gasteiger partial charge is 0.274 e. The molecule has 1 aromatic carbocycles. The van der Waals surface area contributed by atoms with E-state index in [9.17, 15) is 19.2 Å². The predicted molar refractivity (Wildman–Crippen MR) is 132 cm³/mol. The summed E-state index contributed by atoms with van der Waals surface area (Å²) >= 11 is 20.8. The highest BCUT2D eigenvalue weighted by atomic mass is 79.9. The number of nitrogens with zero attached hydrogens (tertiary/aromatic N) is 2. The van der Waals surface area contributed by atoms with E-state index in [1.807, 2.05) is 0 Å². The van der Waals surface area contributed by atoms with Crippen molar-refractivity contribution >= 4 is 89.9 Å². The number of carbonyl (C=O) groups is 4. The fourth-order valence-corrected chi connectivity index (χ4v) is 8.28. The Morgan fingerprint density at radius 1 is 1.06 bits per heavy atom. The molecule has 172 valence electrons. The third kappa shape index (κ3) is 3.71. The van der Waals surface area contributed by atoms with E-state index in [0.717, 1.165) is 16.4 Å². The van der Waals surface area contributed by atoms with Crippen LogP contribution in [0.15, 0.2) is 35.7 Å². The maximum absolute atomic E-state index is 13.6. The van der Waals surface area contributed by atoms with Crippen LogP contribution in [0.3, 0.4) is 0 Å². The van der Waals surface area contributed by atoms with Crippen molar-refractivity contribution < 1.29 is 19.2 Å². The average molecular weight is 635 g/mol. The Labute approximate surface area is 220 Å². The monoisotopic (exact) mass is 632 g/mol. The van der Waals surface area contributed by atoms with Crippen LogP contribution in [0.1, 0.15) is 26.5 Å². The SMILES string of the molecule is O=C(CN(C(=O)c1ccc(Cl)cc1Cl)N1C(=O)[C@@H]2[C@H]3C[C@@H]([C@H](Br)[C@H]3Br)[C@@H]2C1=O)c1cccs1. The Kier molecular flexibility index (Phi) is 6.23. The van der Waals surface area contributed by atoms with Crippen LogP contribution in [0, 0.1) is 23.7 Å². The van der Waals surface area contributed by atoms with Crippen LogP contribution >= 0.6 is 66.4 Å². The highest BCUT2D eigenvalue weighted by molar-refractivity contribution is 9.12.